The van der Waals surface area contributed by atoms with Crippen LogP contribution in [0.5, 0.6) is 0 Å². The molecule has 126 valence electrons. The maximum atomic E-state index is 13.6. The summed E-state index contributed by atoms with van der Waals surface area (Å²) in [5, 5.41) is 3.34. The van der Waals surface area contributed by atoms with Gasteiger partial charge in [-0.15, -0.1) is 0 Å². The Morgan fingerprint density at radius 1 is 1.25 bits per heavy atom. The van der Waals surface area contributed by atoms with Gasteiger partial charge in [0.15, 0.2) is 0 Å². The van der Waals surface area contributed by atoms with Gasteiger partial charge in [-0.2, -0.15) is 0 Å². The van der Waals surface area contributed by atoms with Crippen LogP contribution in [0.1, 0.15) is 40.0 Å². The predicted molar refractivity (Wildman–Crippen MR) is 92.9 cm³/mol. The molecular weight excluding hydrogens is 300 g/mol. The molecule has 4 nitrogen and oxygen atoms in total. The van der Waals surface area contributed by atoms with Crippen LogP contribution in [0.25, 0.3) is 0 Å². The molecule has 0 aromatic heterocycles. The molecule has 1 aromatic rings. The Bertz CT molecular complexity index is 739. The minimum atomic E-state index is -0.460. The second-order valence-corrected chi connectivity index (χ2v) is 8.06. The van der Waals surface area contributed by atoms with Gasteiger partial charge in [0.05, 0.1) is 17.1 Å². The summed E-state index contributed by atoms with van der Waals surface area (Å²) in [4.78, 5) is 26.6. The Hall–Kier alpha value is -2.10. The first kappa shape index (κ1) is 15.4. The standard InChI is InChI=1S/C20H24N2O2/c1-13(2)17(23)22-16-12-14-10-11-20(16,19(14,3)4)18(24)21(22)15-8-6-5-7-9-15/h5-9,14,16H,1,10-12H2,2-4H3/t14-,16-,20+/m1/s1. The lowest BCUT2D eigenvalue weighted by atomic mass is 9.67. The third kappa shape index (κ3) is 1.59. The summed E-state index contributed by atoms with van der Waals surface area (Å²) in [7, 11) is 0. The van der Waals surface area contributed by atoms with Crippen molar-refractivity contribution in [1.82, 2.24) is 5.01 Å². The van der Waals surface area contributed by atoms with Crippen molar-refractivity contribution < 1.29 is 9.59 Å². The molecule has 3 fully saturated rings. The number of carbonyl (C=O) groups is 2. The first-order valence-electron chi connectivity index (χ1n) is 8.71. The van der Waals surface area contributed by atoms with Crippen molar-refractivity contribution in [2.45, 2.75) is 46.1 Å². The SMILES string of the molecule is C=C(C)C(=O)N1[C@@H]2C[C@H]3CC[C@]2(C(=O)N1c1ccccc1)C3(C)C. The van der Waals surface area contributed by atoms with Gasteiger partial charge in [-0.3, -0.25) is 9.59 Å². The summed E-state index contributed by atoms with van der Waals surface area (Å²) in [6.07, 6.45) is 2.85. The van der Waals surface area contributed by atoms with E-state index in [9.17, 15) is 9.59 Å². The number of amides is 2. The van der Waals surface area contributed by atoms with E-state index < -0.39 is 5.41 Å². The van der Waals surface area contributed by atoms with Crippen molar-refractivity contribution in [3.8, 4) is 0 Å². The van der Waals surface area contributed by atoms with Gasteiger partial charge >= 0.3 is 0 Å². The maximum Gasteiger partial charge on any atom is 0.268 e. The van der Waals surface area contributed by atoms with Crippen molar-refractivity contribution in [2.24, 2.45) is 16.7 Å². The van der Waals surface area contributed by atoms with Gasteiger partial charge in [0.2, 0.25) is 0 Å². The first-order chi connectivity index (χ1) is 11.3. The number of fused-ring (bicyclic) bond motifs is 1. The molecular formula is C20H24N2O2. The van der Waals surface area contributed by atoms with Gasteiger partial charge < -0.3 is 0 Å². The number of para-hydroxylation sites is 1. The summed E-state index contributed by atoms with van der Waals surface area (Å²) < 4.78 is 0. The first-order valence-corrected chi connectivity index (χ1v) is 8.71. The van der Waals surface area contributed by atoms with Crippen LogP contribution in [0.2, 0.25) is 0 Å². The van der Waals surface area contributed by atoms with E-state index >= 15 is 0 Å². The second kappa shape index (κ2) is 4.71. The lowest BCUT2D eigenvalue weighted by Gasteiger charge is -2.34. The average molecular weight is 324 g/mol. The van der Waals surface area contributed by atoms with Crippen molar-refractivity contribution in [2.75, 3.05) is 5.01 Å². The number of benzene rings is 1. The highest BCUT2D eigenvalue weighted by Gasteiger charge is 2.75. The number of hydrogen-bond donors (Lipinski definition) is 0. The van der Waals surface area contributed by atoms with Crippen molar-refractivity contribution in [3.05, 3.63) is 42.5 Å². The second-order valence-electron chi connectivity index (χ2n) is 8.06. The van der Waals surface area contributed by atoms with Crippen molar-refractivity contribution >= 4 is 17.5 Å². The molecule has 3 atom stereocenters. The Labute approximate surface area is 143 Å². The summed E-state index contributed by atoms with van der Waals surface area (Å²) in [6.45, 7) is 9.97. The highest BCUT2D eigenvalue weighted by molar-refractivity contribution is 6.07. The summed E-state index contributed by atoms with van der Waals surface area (Å²) in [5.41, 5.74) is 0.700. The van der Waals surface area contributed by atoms with Crippen LogP contribution in [-0.2, 0) is 9.59 Å². The lowest BCUT2D eigenvalue weighted by molar-refractivity contribution is -0.131. The van der Waals surface area contributed by atoms with Gasteiger partial charge in [-0.05, 0) is 49.7 Å². The highest BCUT2D eigenvalue weighted by atomic mass is 16.2. The van der Waals surface area contributed by atoms with E-state index in [4.69, 9.17) is 0 Å². The van der Waals surface area contributed by atoms with Crippen LogP contribution in [0.3, 0.4) is 0 Å². The predicted octanol–water partition coefficient (Wildman–Crippen LogP) is 3.55. The van der Waals surface area contributed by atoms with E-state index in [1.165, 1.54) is 0 Å². The monoisotopic (exact) mass is 324 g/mol. The molecule has 1 heterocycles. The van der Waals surface area contributed by atoms with Gasteiger partial charge in [0.1, 0.15) is 0 Å². The fourth-order valence-electron chi connectivity index (χ4n) is 5.43. The molecule has 1 aromatic carbocycles. The summed E-state index contributed by atoms with van der Waals surface area (Å²) in [6, 6.07) is 9.47. The minimum Gasteiger partial charge on any atom is -0.272 e. The molecule has 2 amide bonds. The molecule has 2 saturated carbocycles. The molecule has 1 aliphatic heterocycles. The number of carbonyl (C=O) groups excluding carboxylic acids is 2. The van der Waals surface area contributed by atoms with E-state index in [0.29, 0.717) is 11.5 Å². The average Bonchev–Trinajstić information content (AvgIpc) is 3.07. The fourth-order valence-corrected chi connectivity index (χ4v) is 5.43. The molecule has 4 heteroatoms. The van der Waals surface area contributed by atoms with E-state index in [2.05, 4.69) is 20.4 Å². The van der Waals surface area contributed by atoms with Gasteiger partial charge in [0, 0.05) is 5.57 Å². The third-order valence-corrected chi connectivity index (χ3v) is 6.79. The van der Waals surface area contributed by atoms with Crippen LogP contribution >= 0.6 is 0 Å². The number of anilines is 1. The molecule has 3 aliphatic rings. The number of rotatable bonds is 2. The van der Waals surface area contributed by atoms with Gasteiger partial charge in [0.25, 0.3) is 11.8 Å². The molecule has 1 spiro atoms. The number of nitrogens with zero attached hydrogens (tertiary/aromatic N) is 2. The minimum absolute atomic E-state index is 0.0526. The Balaban J connectivity index is 1.89. The van der Waals surface area contributed by atoms with Crippen molar-refractivity contribution in [1.29, 1.82) is 0 Å². The zero-order chi connectivity index (χ0) is 17.3. The molecule has 4 rings (SSSR count). The number of hydrazine groups is 1. The normalized spacial score (nSPS) is 33.0. The van der Waals surface area contributed by atoms with Crippen LogP contribution in [-0.4, -0.2) is 22.9 Å². The zero-order valence-corrected chi connectivity index (χ0v) is 14.6. The van der Waals surface area contributed by atoms with Gasteiger partial charge in [-0.1, -0.05) is 38.6 Å². The Morgan fingerprint density at radius 3 is 2.50 bits per heavy atom. The zero-order valence-electron chi connectivity index (χ0n) is 14.6. The third-order valence-electron chi connectivity index (χ3n) is 6.79. The van der Waals surface area contributed by atoms with Crippen LogP contribution < -0.4 is 5.01 Å². The van der Waals surface area contributed by atoms with Crippen LogP contribution in [0.15, 0.2) is 42.5 Å². The largest absolute Gasteiger partial charge is 0.272 e. The summed E-state index contributed by atoms with van der Waals surface area (Å²) in [5.74, 6) is 0.445. The lowest BCUT2D eigenvalue weighted by Crippen LogP contribution is -2.47. The van der Waals surface area contributed by atoms with E-state index in [-0.39, 0.29) is 23.3 Å². The quantitative estimate of drug-likeness (QED) is 0.781. The molecule has 0 N–H and O–H groups in total. The van der Waals surface area contributed by atoms with Gasteiger partial charge in [-0.25, -0.2) is 10.0 Å². The summed E-state index contributed by atoms with van der Waals surface area (Å²) >= 11 is 0. The highest BCUT2D eigenvalue weighted by Crippen LogP contribution is 2.70. The van der Waals surface area contributed by atoms with Crippen LogP contribution in [0, 0.1) is 16.7 Å². The maximum absolute atomic E-state index is 13.6. The topological polar surface area (TPSA) is 40.6 Å². The molecule has 24 heavy (non-hydrogen) atoms. The molecule has 0 unspecified atom stereocenters. The van der Waals surface area contributed by atoms with Crippen LogP contribution in [0.4, 0.5) is 5.69 Å². The molecule has 0 radical (unpaired) electrons. The molecule has 2 aliphatic carbocycles. The van der Waals surface area contributed by atoms with E-state index in [1.54, 1.807) is 16.9 Å². The number of hydrogen-bond acceptors (Lipinski definition) is 2. The Morgan fingerprint density at radius 2 is 1.92 bits per heavy atom. The fraction of sp³-hybridized carbons (Fsp3) is 0.500. The smallest absolute Gasteiger partial charge is 0.268 e. The molecule has 1 saturated heterocycles. The Kier molecular flexibility index (Phi) is 3.03. The van der Waals surface area contributed by atoms with E-state index in [1.807, 2.05) is 30.3 Å². The van der Waals surface area contributed by atoms with E-state index in [0.717, 1.165) is 24.9 Å². The molecule has 2 bridgehead atoms. The van der Waals surface area contributed by atoms with Crippen molar-refractivity contribution in [3.63, 3.8) is 0 Å².